The third-order valence-corrected chi connectivity index (χ3v) is 3.62. The Bertz CT molecular complexity index is 539. The Morgan fingerprint density at radius 1 is 1.23 bits per heavy atom. The maximum Gasteiger partial charge on any atom is 0.276 e. The number of hydrogen-bond donors (Lipinski definition) is 2. The zero-order chi connectivity index (χ0) is 15.9. The average molecular weight is 306 g/mol. The van der Waals surface area contributed by atoms with Gasteiger partial charge in [0.15, 0.2) is 6.61 Å². The van der Waals surface area contributed by atoms with Gasteiger partial charge in [0.1, 0.15) is 5.75 Å². The van der Waals surface area contributed by atoms with Gasteiger partial charge in [-0.25, -0.2) is 0 Å². The molecule has 1 aliphatic heterocycles. The quantitative estimate of drug-likeness (QED) is 0.821. The van der Waals surface area contributed by atoms with Crippen LogP contribution < -0.4 is 15.6 Å². The van der Waals surface area contributed by atoms with Crippen LogP contribution in [0.5, 0.6) is 5.75 Å². The minimum atomic E-state index is -0.388. The smallest absolute Gasteiger partial charge is 0.276 e. The molecule has 1 aliphatic rings. The molecule has 0 bridgehead atoms. The summed E-state index contributed by atoms with van der Waals surface area (Å²) < 4.78 is 10.7. The highest BCUT2D eigenvalue weighted by atomic mass is 16.5. The molecule has 0 spiro atoms. The van der Waals surface area contributed by atoms with Crippen LogP contribution in [0.4, 0.5) is 0 Å². The largest absolute Gasteiger partial charge is 0.483 e. The predicted octanol–water partition coefficient (Wildman–Crippen LogP) is 1.26. The molecule has 6 heteroatoms. The number of carbonyl (C=O) groups excluding carboxylic acids is 2. The molecule has 6 nitrogen and oxygen atoms in total. The van der Waals surface area contributed by atoms with Gasteiger partial charge < -0.3 is 9.47 Å². The first-order chi connectivity index (χ1) is 10.6. The van der Waals surface area contributed by atoms with Gasteiger partial charge in [0.25, 0.3) is 5.91 Å². The third-order valence-electron chi connectivity index (χ3n) is 3.62. The molecule has 1 aromatic carbocycles. The van der Waals surface area contributed by atoms with Gasteiger partial charge in [-0.1, -0.05) is 12.1 Å². The number of amides is 2. The van der Waals surface area contributed by atoms with Crippen molar-refractivity contribution in [2.45, 2.75) is 26.7 Å². The molecule has 2 rings (SSSR count). The number of aryl methyl sites for hydroxylation is 2. The third kappa shape index (κ3) is 4.73. The molecule has 1 saturated heterocycles. The van der Waals surface area contributed by atoms with Crippen molar-refractivity contribution in [3.8, 4) is 5.75 Å². The summed E-state index contributed by atoms with van der Waals surface area (Å²) in [5, 5.41) is 0. The maximum absolute atomic E-state index is 11.9. The van der Waals surface area contributed by atoms with E-state index < -0.39 is 0 Å². The highest BCUT2D eigenvalue weighted by molar-refractivity contribution is 5.84. The Hall–Kier alpha value is -2.08. The van der Waals surface area contributed by atoms with Crippen LogP contribution in [0.2, 0.25) is 0 Å². The summed E-state index contributed by atoms with van der Waals surface area (Å²) in [7, 11) is 0. The Labute approximate surface area is 130 Å². The lowest BCUT2D eigenvalue weighted by Gasteiger charge is -2.21. The number of nitrogens with one attached hydrogen (secondary N) is 2. The van der Waals surface area contributed by atoms with Gasteiger partial charge in [-0.2, -0.15) is 0 Å². The lowest BCUT2D eigenvalue weighted by atomic mass is 10.00. The van der Waals surface area contributed by atoms with E-state index in [1.54, 1.807) is 0 Å². The Morgan fingerprint density at radius 2 is 1.95 bits per heavy atom. The molecular formula is C16H22N2O4. The van der Waals surface area contributed by atoms with Crippen molar-refractivity contribution in [2.75, 3.05) is 19.8 Å². The number of carbonyl (C=O) groups is 2. The lowest BCUT2D eigenvalue weighted by Crippen LogP contribution is -2.47. The van der Waals surface area contributed by atoms with Crippen molar-refractivity contribution in [3.63, 3.8) is 0 Å². The van der Waals surface area contributed by atoms with E-state index in [-0.39, 0.29) is 24.3 Å². The molecule has 0 aromatic heterocycles. The van der Waals surface area contributed by atoms with Gasteiger partial charge in [-0.3, -0.25) is 20.4 Å². The van der Waals surface area contributed by atoms with Gasteiger partial charge >= 0.3 is 0 Å². The molecule has 0 radical (unpaired) electrons. The Balaban J connectivity index is 1.73. The van der Waals surface area contributed by atoms with E-state index in [2.05, 4.69) is 10.9 Å². The molecule has 1 heterocycles. The zero-order valence-electron chi connectivity index (χ0n) is 13.0. The normalized spacial score (nSPS) is 15.2. The molecule has 120 valence electrons. The molecule has 2 N–H and O–H groups in total. The summed E-state index contributed by atoms with van der Waals surface area (Å²) >= 11 is 0. The Morgan fingerprint density at radius 3 is 2.68 bits per heavy atom. The van der Waals surface area contributed by atoms with E-state index in [1.807, 2.05) is 32.0 Å². The molecule has 1 aromatic rings. The topological polar surface area (TPSA) is 76.7 Å². The van der Waals surface area contributed by atoms with Crippen LogP contribution in [0.15, 0.2) is 18.2 Å². The monoisotopic (exact) mass is 306 g/mol. The summed E-state index contributed by atoms with van der Waals surface area (Å²) in [4.78, 5) is 23.6. The molecule has 0 unspecified atom stereocenters. The predicted molar refractivity (Wildman–Crippen MR) is 81.2 cm³/mol. The van der Waals surface area contributed by atoms with Crippen LogP contribution in [-0.4, -0.2) is 31.6 Å². The highest BCUT2D eigenvalue weighted by Gasteiger charge is 2.21. The summed E-state index contributed by atoms with van der Waals surface area (Å²) in [6.07, 6.45) is 1.36. The van der Waals surface area contributed by atoms with E-state index in [0.29, 0.717) is 31.8 Å². The molecule has 2 amide bonds. The van der Waals surface area contributed by atoms with Crippen LogP contribution in [0.1, 0.15) is 24.0 Å². The van der Waals surface area contributed by atoms with E-state index in [4.69, 9.17) is 9.47 Å². The van der Waals surface area contributed by atoms with E-state index >= 15 is 0 Å². The van der Waals surface area contributed by atoms with Gasteiger partial charge in [-0.05, 0) is 43.9 Å². The summed E-state index contributed by atoms with van der Waals surface area (Å²) in [6.45, 7) is 4.90. The number of hydrazine groups is 1. The first-order valence-corrected chi connectivity index (χ1v) is 7.43. The van der Waals surface area contributed by atoms with E-state index in [1.165, 1.54) is 0 Å². The second kappa shape index (κ2) is 7.79. The van der Waals surface area contributed by atoms with Crippen molar-refractivity contribution in [3.05, 3.63) is 29.3 Å². The number of benzene rings is 1. The van der Waals surface area contributed by atoms with Crippen molar-refractivity contribution in [1.82, 2.24) is 10.9 Å². The van der Waals surface area contributed by atoms with Crippen molar-refractivity contribution in [1.29, 1.82) is 0 Å². The fraction of sp³-hybridized carbons (Fsp3) is 0.500. The first kappa shape index (κ1) is 16.3. The summed E-state index contributed by atoms with van der Waals surface area (Å²) in [6, 6.07) is 5.80. The second-order valence-corrected chi connectivity index (χ2v) is 5.48. The standard InChI is InChI=1S/C16H22N2O4/c1-11-3-4-12(2)14(9-11)22-10-15(19)17-18-16(20)13-5-7-21-8-6-13/h3-4,9,13H,5-8,10H2,1-2H3,(H,17,19)(H,18,20). The SMILES string of the molecule is Cc1ccc(C)c(OCC(=O)NNC(=O)C2CCOCC2)c1. The average Bonchev–Trinajstić information content (AvgIpc) is 2.54. The maximum atomic E-state index is 11.9. The number of ether oxygens (including phenoxy) is 2. The molecule has 0 atom stereocenters. The summed E-state index contributed by atoms with van der Waals surface area (Å²) in [5.74, 6) is 0.00425. The number of hydrogen-bond acceptors (Lipinski definition) is 4. The van der Waals surface area contributed by atoms with Crippen LogP contribution in [0.3, 0.4) is 0 Å². The summed E-state index contributed by atoms with van der Waals surface area (Å²) in [5.41, 5.74) is 6.85. The van der Waals surface area contributed by atoms with Crippen LogP contribution in [0.25, 0.3) is 0 Å². The van der Waals surface area contributed by atoms with Crippen molar-refractivity contribution < 1.29 is 19.1 Å². The van der Waals surface area contributed by atoms with Crippen LogP contribution >= 0.6 is 0 Å². The zero-order valence-corrected chi connectivity index (χ0v) is 13.0. The van der Waals surface area contributed by atoms with Gasteiger partial charge in [-0.15, -0.1) is 0 Å². The van der Waals surface area contributed by atoms with E-state index in [0.717, 1.165) is 11.1 Å². The van der Waals surface area contributed by atoms with Crippen LogP contribution in [0, 0.1) is 19.8 Å². The highest BCUT2D eigenvalue weighted by Crippen LogP contribution is 2.18. The van der Waals surface area contributed by atoms with Crippen molar-refractivity contribution >= 4 is 11.8 Å². The first-order valence-electron chi connectivity index (χ1n) is 7.43. The lowest BCUT2D eigenvalue weighted by molar-refractivity contribution is -0.133. The van der Waals surface area contributed by atoms with Crippen molar-refractivity contribution in [2.24, 2.45) is 5.92 Å². The minimum absolute atomic E-state index is 0.103. The molecule has 0 saturated carbocycles. The fourth-order valence-electron chi connectivity index (χ4n) is 2.24. The van der Waals surface area contributed by atoms with Gasteiger partial charge in [0, 0.05) is 19.1 Å². The van der Waals surface area contributed by atoms with E-state index in [9.17, 15) is 9.59 Å². The molecule has 0 aliphatic carbocycles. The van der Waals surface area contributed by atoms with Crippen LogP contribution in [-0.2, 0) is 14.3 Å². The van der Waals surface area contributed by atoms with Gasteiger partial charge in [0.05, 0.1) is 0 Å². The fourth-order valence-corrected chi connectivity index (χ4v) is 2.24. The van der Waals surface area contributed by atoms with Gasteiger partial charge in [0.2, 0.25) is 5.91 Å². The molecular weight excluding hydrogens is 284 g/mol. The molecule has 1 fully saturated rings. The second-order valence-electron chi connectivity index (χ2n) is 5.48. The Kier molecular flexibility index (Phi) is 5.77. The minimum Gasteiger partial charge on any atom is -0.483 e. The molecule has 22 heavy (non-hydrogen) atoms. The number of rotatable bonds is 4.